The van der Waals surface area contributed by atoms with E-state index in [0.717, 1.165) is 56.9 Å². The molecule has 2 fully saturated rings. The number of carbonyl (C=O) groups excluding carboxylic acids is 4. The molecule has 0 bridgehead atoms. The average molecular weight is 568 g/mol. The van der Waals surface area contributed by atoms with E-state index in [4.69, 9.17) is 0 Å². The summed E-state index contributed by atoms with van der Waals surface area (Å²) in [5.41, 5.74) is 2.39. The minimum atomic E-state index is -0.719. The summed E-state index contributed by atoms with van der Waals surface area (Å²) in [7, 11) is 1.72. The third-order valence-corrected chi connectivity index (χ3v) is 9.49. The first-order valence-electron chi connectivity index (χ1n) is 15.7. The maximum Gasteiger partial charge on any atom is 0.246 e. The lowest BCUT2D eigenvalue weighted by atomic mass is 9.83. The highest BCUT2D eigenvalue weighted by atomic mass is 16.2. The van der Waals surface area contributed by atoms with Gasteiger partial charge in [-0.1, -0.05) is 57.4 Å². The lowest BCUT2D eigenvalue weighted by Gasteiger charge is -2.35. The summed E-state index contributed by atoms with van der Waals surface area (Å²) in [6.45, 7) is 5.87. The number of likely N-dealkylation sites (tertiary alicyclic amines) is 1. The van der Waals surface area contributed by atoms with Gasteiger partial charge in [0.15, 0.2) is 0 Å². The minimum absolute atomic E-state index is 0.0203. The summed E-state index contributed by atoms with van der Waals surface area (Å²) in [6.07, 6.45) is 8.79. The third kappa shape index (κ3) is 7.48. The standard InChI is InChI=1S/C32H49N5O4/c1-5-20(2)29(38)34-24-18-27(31(40)35-26-17-11-15-22-12-9-10-16-25(22)26)37(19-24)32(41)28(23-13-7-6-8-14-23)36-30(39)21(3)33-4/h9-10,12,16,20-21,23-24,26-28,33H,5-8,11,13-15,17-19H2,1-4H3,(H,34,38)(H,35,40)(H,36,39)/t20?,21-,24-,26?,27-,28-/m0/s1. The molecule has 4 amide bonds. The molecule has 1 aromatic rings. The molecule has 1 aliphatic heterocycles. The Balaban J connectivity index is 1.58. The number of hydrogen-bond acceptors (Lipinski definition) is 5. The molecule has 1 aromatic carbocycles. The van der Waals surface area contributed by atoms with Gasteiger partial charge in [-0.15, -0.1) is 0 Å². The van der Waals surface area contributed by atoms with Gasteiger partial charge in [-0.2, -0.15) is 0 Å². The molecule has 41 heavy (non-hydrogen) atoms. The van der Waals surface area contributed by atoms with Crippen LogP contribution in [0.4, 0.5) is 0 Å². The van der Waals surface area contributed by atoms with E-state index in [1.165, 1.54) is 5.56 Å². The average Bonchev–Trinajstić information content (AvgIpc) is 3.43. The first-order chi connectivity index (χ1) is 19.7. The summed E-state index contributed by atoms with van der Waals surface area (Å²) < 4.78 is 0. The van der Waals surface area contributed by atoms with E-state index in [1.807, 2.05) is 26.0 Å². The van der Waals surface area contributed by atoms with E-state index in [1.54, 1.807) is 18.9 Å². The number of benzene rings is 1. The number of amides is 4. The van der Waals surface area contributed by atoms with Gasteiger partial charge in [-0.3, -0.25) is 19.2 Å². The molecule has 4 N–H and O–H groups in total. The van der Waals surface area contributed by atoms with Gasteiger partial charge in [0.1, 0.15) is 12.1 Å². The predicted molar refractivity (Wildman–Crippen MR) is 159 cm³/mol. The summed E-state index contributed by atoms with van der Waals surface area (Å²) in [4.78, 5) is 55.6. The van der Waals surface area contributed by atoms with E-state index in [2.05, 4.69) is 33.4 Å². The van der Waals surface area contributed by atoms with E-state index < -0.39 is 18.1 Å². The van der Waals surface area contributed by atoms with Crippen LogP contribution in [-0.4, -0.2) is 66.3 Å². The van der Waals surface area contributed by atoms with Crippen LogP contribution >= 0.6 is 0 Å². The lowest BCUT2D eigenvalue weighted by molar-refractivity contribution is -0.143. The highest BCUT2D eigenvalue weighted by Crippen LogP contribution is 2.32. The molecule has 6 atom stereocenters. The predicted octanol–water partition coefficient (Wildman–Crippen LogP) is 2.99. The Morgan fingerprint density at radius 2 is 1.68 bits per heavy atom. The van der Waals surface area contributed by atoms with Gasteiger partial charge in [0.2, 0.25) is 23.6 Å². The van der Waals surface area contributed by atoms with Crippen molar-refractivity contribution in [1.29, 1.82) is 0 Å². The Kier molecular flexibility index (Phi) is 10.8. The van der Waals surface area contributed by atoms with Crippen LogP contribution < -0.4 is 21.3 Å². The van der Waals surface area contributed by atoms with Crippen molar-refractivity contribution < 1.29 is 19.2 Å². The number of fused-ring (bicyclic) bond motifs is 1. The summed E-state index contributed by atoms with van der Waals surface area (Å²) >= 11 is 0. The fourth-order valence-electron chi connectivity index (χ4n) is 6.57. The topological polar surface area (TPSA) is 120 Å². The monoisotopic (exact) mass is 567 g/mol. The highest BCUT2D eigenvalue weighted by Gasteiger charge is 2.45. The second kappa shape index (κ2) is 14.3. The zero-order valence-electron chi connectivity index (χ0n) is 25.2. The fourth-order valence-corrected chi connectivity index (χ4v) is 6.57. The second-order valence-corrected chi connectivity index (χ2v) is 12.3. The Labute approximate surface area is 245 Å². The minimum Gasteiger partial charge on any atom is -0.351 e. The van der Waals surface area contributed by atoms with Gasteiger partial charge in [0.25, 0.3) is 0 Å². The zero-order valence-corrected chi connectivity index (χ0v) is 25.2. The number of rotatable bonds is 10. The van der Waals surface area contributed by atoms with Crippen LogP contribution in [0.15, 0.2) is 24.3 Å². The van der Waals surface area contributed by atoms with E-state index in [0.29, 0.717) is 12.8 Å². The van der Waals surface area contributed by atoms with Gasteiger partial charge in [0.05, 0.1) is 12.1 Å². The molecule has 1 saturated heterocycles. The van der Waals surface area contributed by atoms with Crippen molar-refractivity contribution in [3.05, 3.63) is 35.4 Å². The number of carbonyl (C=O) groups is 4. The maximum atomic E-state index is 14.3. The van der Waals surface area contributed by atoms with Gasteiger partial charge in [0, 0.05) is 18.5 Å². The van der Waals surface area contributed by atoms with Gasteiger partial charge >= 0.3 is 0 Å². The van der Waals surface area contributed by atoms with Crippen molar-refractivity contribution in [2.24, 2.45) is 11.8 Å². The number of nitrogens with zero attached hydrogens (tertiary/aromatic N) is 1. The molecule has 0 spiro atoms. The largest absolute Gasteiger partial charge is 0.351 e. The molecule has 2 aliphatic carbocycles. The molecule has 9 nitrogen and oxygen atoms in total. The quantitative estimate of drug-likeness (QED) is 0.347. The summed E-state index contributed by atoms with van der Waals surface area (Å²) in [5.74, 6) is -0.838. The number of likely N-dealkylation sites (N-methyl/N-ethyl adjacent to an activating group) is 1. The van der Waals surface area contributed by atoms with Crippen LogP contribution in [0.1, 0.15) is 95.7 Å². The Morgan fingerprint density at radius 3 is 2.39 bits per heavy atom. The molecule has 3 aliphatic rings. The number of aryl methyl sites for hydroxylation is 1. The molecule has 0 radical (unpaired) electrons. The SMILES string of the molecule is CCC(C)C(=O)N[C@H]1C[C@@H](C(=O)NC2CCCc3ccccc32)N(C(=O)[C@@H](NC(=O)[C@H](C)NC)C2CCCCC2)C1. The summed E-state index contributed by atoms with van der Waals surface area (Å²) in [6, 6.07) is 5.92. The lowest BCUT2D eigenvalue weighted by Crippen LogP contribution is -2.58. The summed E-state index contributed by atoms with van der Waals surface area (Å²) in [5, 5.41) is 12.3. The normalized spacial score (nSPS) is 25.0. The third-order valence-electron chi connectivity index (χ3n) is 9.49. The maximum absolute atomic E-state index is 14.3. The van der Waals surface area contributed by atoms with Crippen molar-refractivity contribution in [1.82, 2.24) is 26.2 Å². The molecule has 2 unspecified atom stereocenters. The zero-order chi connectivity index (χ0) is 29.5. The number of hydrogen-bond donors (Lipinski definition) is 4. The fraction of sp³-hybridized carbons (Fsp3) is 0.688. The first-order valence-corrected chi connectivity index (χ1v) is 15.7. The molecule has 1 heterocycles. The molecule has 1 saturated carbocycles. The van der Waals surface area contributed by atoms with E-state index in [9.17, 15) is 19.2 Å². The molecular formula is C32H49N5O4. The van der Waals surface area contributed by atoms with Gasteiger partial charge in [-0.05, 0) is 76.0 Å². The second-order valence-electron chi connectivity index (χ2n) is 12.3. The molecule has 4 rings (SSSR count). The van der Waals surface area contributed by atoms with Crippen LogP contribution in [0.2, 0.25) is 0 Å². The molecule has 9 heteroatoms. The van der Waals surface area contributed by atoms with Gasteiger partial charge < -0.3 is 26.2 Å². The smallest absolute Gasteiger partial charge is 0.246 e. The first kappa shape index (κ1) is 31.0. The highest BCUT2D eigenvalue weighted by molar-refractivity contribution is 5.94. The van der Waals surface area contributed by atoms with E-state index >= 15 is 0 Å². The van der Waals surface area contributed by atoms with Crippen LogP contribution in [0.5, 0.6) is 0 Å². The Morgan fingerprint density at radius 1 is 0.951 bits per heavy atom. The van der Waals surface area contributed by atoms with E-state index in [-0.39, 0.29) is 54.1 Å². The van der Waals surface area contributed by atoms with Crippen molar-refractivity contribution in [2.45, 2.75) is 115 Å². The Bertz CT molecular complexity index is 1090. The van der Waals surface area contributed by atoms with Crippen LogP contribution in [0.3, 0.4) is 0 Å². The van der Waals surface area contributed by atoms with Crippen LogP contribution in [-0.2, 0) is 25.6 Å². The molecule has 0 aromatic heterocycles. The van der Waals surface area contributed by atoms with Crippen molar-refractivity contribution in [2.75, 3.05) is 13.6 Å². The van der Waals surface area contributed by atoms with Crippen LogP contribution in [0, 0.1) is 11.8 Å². The van der Waals surface area contributed by atoms with Crippen LogP contribution in [0.25, 0.3) is 0 Å². The molecular weight excluding hydrogens is 518 g/mol. The number of nitrogens with one attached hydrogen (secondary N) is 4. The van der Waals surface area contributed by atoms with Crippen molar-refractivity contribution >= 4 is 23.6 Å². The van der Waals surface area contributed by atoms with Crippen molar-refractivity contribution in [3.8, 4) is 0 Å². The van der Waals surface area contributed by atoms with Gasteiger partial charge in [-0.25, -0.2) is 0 Å². The molecule has 226 valence electrons. The van der Waals surface area contributed by atoms with Crippen molar-refractivity contribution in [3.63, 3.8) is 0 Å². The Hall–Kier alpha value is -2.94.